The maximum atomic E-state index is 13.5. The van der Waals surface area contributed by atoms with E-state index < -0.39 is 62.9 Å². The predicted molar refractivity (Wildman–Crippen MR) is 79.7 cm³/mol. The fraction of sp³-hybridized carbons (Fsp3) is 0.308. The summed E-state index contributed by atoms with van der Waals surface area (Å²) in [5.74, 6) is -7.75. The monoisotopic (exact) mass is 397 g/mol. The van der Waals surface area contributed by atoms with E-state index in [1.807, 2.05) is 5.32 Å². The van der Waals surface area contributed by atoms with Crippen LogP contribution in [0.1, 0.15) is 6.92 Å². The van der Waals surface area contributed by atoms with Crippen molar-refractivity contribution in [1.82, 2.24) is 15.4 Å². The third-order valence-electron chi connectivity index (χ3n) is 2.84. The summed E-state index contributed by atoms with van der Waals surface area (Å²) in [5, 5.41) is 3.91. The van der Waals surface area contributed by atoms with E-state index in [1.165, 1.54) is 7.05 Å². The number of sulfonamides is 1. The van der Waals surface area contributed by atoms with Crippen LogP contribution >= 0.6 is 0 Å². The first-order valence-electron chi connectivity index (χ1n) is 6.84. The summed E-state index contributed by atoms with van der Waals surface area (Å²) in [6, 6.07) is 0.0181. The van der Waals surface area contributed by atoms with Crippen molar-refractivity contribution in [2.45, 2.75) is 17.9 Å². The lowest BCUT2D eigenvalue weighted by Crippen LogP contribution is -2.44. The highest BCUT2D eigenvalue weighted by atomic mass is 32.2. The van der Waals surface area contributed by atoms with Crippen LogP contribution in [0, 0.1) is 17.5 Å². The minimum atomic E-state index is -4.70. The number of hydrogen-bond acceptors (Lipinski definition) is 6. The Hall–Kier alpha value is -2.67. The van der Waals surface area contributed by atoms with Gasteiger partial charge >= 0.3 is 12.0 Å². The van der Waals surface area contributed by atoms with Gasteiger partial charge in [0.05, 0.1) is 0 Å². The molecule has 9 nitrogen and oxygen atoms in total. The largest absolute Gasteiger partial charge is 0.452 e. The minimum Gasteiger partial charge on any atom is -0.452 e. The molecule has 1 aromatic rings. The average Bonchev–Trinajstić information content (AvgIpc) is 2.57. The lowest BCUT2D eigenvalue weighted by Gasteiger charge is -2.13. The van der Waals surface area contributed by atoms with Gasteiger partial charge in [0.25, 0.3) is 5.91 Å². The summed E-state index contributed by atoms with van der Waals surface area (Å²) in [6.07, 6.45) is -1.44. The number of ether oxygens (including phenoxy) is 1. The zero-order chi connectivity index (χ0) is 20.1. The van der Waals surface area contributed by atoms with E-state index in [1.54, 1.807) is 4.72 Å². The summed E-state index contributed by atoms with van der Waals surface area (Å²) in [6.45, 7) is 0.0814. The van der Waals surface area contributed by atoms with Gasteiger partial charge in [0.15, 0.2) is 23.6 Å². The maximum absolute atomic E-state index is 13.5. The standard InChI is InChI=1S/C13H14F3N3O6S/c1-6(12(21)19-13(22)17-2)25-9(20)5-18-26(23,24)8-4-3-7(14)10(15)11(8)16/h3-4,6,18H,5H2,1-2H3,(H2,17,19,21,22)/t6-/m0/s1. The third-order valence-corrected chi connectivity index (χ3v) is 4.26. The van der Waals surface area contributed by atoms with Crippen molar-refractivity contribution in [2.24, 2.45) is 0 Å². The van der Waals surface area contributed by atoms with Crippen LogP contribution < -0.4 is 15.4 Å². The molecule has 0 unspecified atom stereocenters. The number of carbonyl (C=O) groups is 3. The first kappa shape index (κ1) is 21.4. The molecule has 1 rings (SSSR count). The van der Waals surface area contributed by atoms with Crippen LogP contribution in [-0.2, 0) is 24.3 Å². The number of amides is 3. The van der Waals surface area contributed by atoms with Gasteiger partial charge in [-0.05, 0) is 19.1 Å². The van der Waals surface area contributed by atoms with Crippen LogP contribution in [0.2, 0.25) is 0 Å². The van der Waals surface area contributed by atoms with Crippen LogP contribution in [0.25, 0.3) is 0 Å². The normalized spacial score (nSPS) is 12.2. The highest BCUT2D eigenvalue weighted by molar-refractivity contribution is 7.89. The smallest absolute Gasteiger partial charge is 0.321 e. The van der Waals surface area contributed by atoms with Crippen LogP contribution in [0.3, 0.4) is 0 Å². The zero-order valence-electron chi connectivity index (χ0n) is 13.4. The van der Waals surface area contributed by atoms with Crippen LogP contribution in [0.4, 0.5) is 18.0 Å². The number of esters is 1. The molecular weight excluding hydrogens is 383 g/mol. The van der Waals surface area contributed by atoms with Gasteiger partial charge in [0.2, 0.25) is 10.0 Å². The highest BCUT2D eigenvalue weighted by Crippen LogP contribution is 2.19. The van der Waals surface area contributed by atoms with E-state index in [0.717, 1.165) is 6.92 Å². The van der Waals surface area contributed by atoms with Gasteiger partial charge in [-0.2, -0.15) is 4.72 Å². The fourth-order valence-electron chi connectivity index (χ4n) is 1.52. The van der Waals surface area contributed by atoms with E-state index >= 15 is 0 Å². The molecule has 1 atom stereocenters. The number of benzene rings is 1. The lowest BCUT2D eigenvalue weighted by atomic mass is 10.3. The summed E-state index contributed by atoms with van der Waals surface area (Å²) in [4.78, 5) is 32.7. The number of hydrogen-bond donors (Lipinski definition) is 3. The summed E-state index contributed by atoms with van der Waals surface area (Å²) >= 11 is 0. The molecule has 1 aromatic carbocycles. The molecule has 0 aliphatic carbocycles. The van der Waals surface area contributed by atoms with Crippen LogP contribution in [-0.4, -0.2) is 46.0 Å². The molecule has 3 N–H and O–H groups in total. The molecule has 3 amide bonds. The van der Waals surface area contributed by atoms with Gasteiger partial charge < -0.3 is 10.1 Å². The number of halogens is 3. The minimum absolute atomic E-state index is 0.399. The van der Waals surface area contributed by atoms with Crippen molar-refractivity contribution in [3.8, 4) is 0 Å². The Morgan fingerprint density at radius 1 is 1.15 bits per heavy atom. The molecule has 0 saturated heterocycles. The Morgan fingerprint density at radius 3 is 2.35 bits per heavy atom. The molecule has 0 radical (unpaired) electrons. The molecule has 0 saturated carbocycles. The van der Waals surface area contributed by atoms with Gasteiger partial charge in [0.1, 0.15) is 11.4 Å². The Bertz CT molecular complexity index is 831. The predicted octanol–water partition coefficient (Wildman–Crippen LogP) is -0.231. The molecule has 0 heterocycles. The van der Waals surface area contributed by atoms with E-state index in [4.69, 9.17) is 0 Å². The second-order valence-electron chi connectivity index (χ2n) is 4.70. The Labute approximate surface area is 145 Å². The second-order valence-corrected chi connectivity index (χ2v) is 6.43. The highest BCUT2D eigenvalue weighted by Gasteiger charge is 2.26. The Kier molecular flexibility index (Phi) is 7.09. The van der Waals surface area contributed by atoms with E-state index in [9.17, 15) is 36.0 Å². The first-order valence-corrected chi connectivity index (χ1v) is 8.33. The van der Waals surface area contributed by atoms with Gasteiger partial charge in [0, 0.05) is 7.05 Å². The van der Waals surface area contributed by atoms with Gasteiger partial charge in [-0.1, -0.05) is 0 Å². The number of urea groups is 1. The van der Waals surface area contributed by atoms with Gasteiger partial charge in [-0.3, -0.25) is 14.9 Å². The lowest BCUT2D eigenvalue weighted by molar-refractivity contribution is -0.153. The summed E-state index contributed by atoms with van der Waals surface area (Å²) in [5.41, 5.74) is 0. The molecule has 0 aromatic heterocycles. The molecule has 0 fully saturated rings. The SMILES string of the molecule is CNC(=O)NC(=O)[C@H](C)OC(=O)CNS(=O)(=O)c1ccc(F)c(F)c1F. The van der Waals surface area contributed by atoms with E-state index in [-0.39, 0.29) is 0 Å². The quantitative estimate of drug-likeness (QED) is 0.449. The molecular formula is C13H14F3N3O6S. The molecule has 13 heteroatoms. The molecule has 0 spiro atoms. The molecule has 0 aliphatic rings. The van der Waals surface area contributed by atoms with Crippen LogP contribution in [0.5, 0.6) is 0 Å². The second kappa shape index (κ2) is 8.62. The van der Waals surface area contributed by atoms with Crippen LogP contribution in [0.15, 0.2) is 17.0 Å². The third kappa shape index (κ3) is 5.42. The van der Waals surface area contributed by atoms with Gasteiger partial charge in [-0.15, -0.1) is 0 Å². The summed E-state index contributed by atoms with van der Waals surface area (Å²) < 4.78 is 69.3. The Morgan fingerprint density at radius 2 is 1.77 bits per heavy atom. The van der Waals surface area contributed by atoms with E-state index in [2.05, 4.69) is 10.1 Å². The van der Waals surface area contributed by atoms with Crippen molar-refractivity contribution in [1.29, 1.82) is 0 Å². The molecule has 0 aliphatic heterocycles. The van der Waals surface area contributed by atoms with E-state index in [0.29, 0.717) is 12.1 Å². The fourth-order valence-corrected chi connectivity index (χ4v) is 2.55. The maximum Gasteiger partial charge on any atom is 0.321 e. The first-order chi connectivity index (χ1) is 12.0. The zero-order valence-corrected chi connectivity index (χ0v) is 14.2. The van der Waals surface area contributed by atoms with Crippen molar-refractivity contribution in [2.75, 3.05) is 13.6 Å². The van der Waals surface area contributed by atoms with Crippen molar-refractivity contribution in [3.05, 3.63) is 29.6 Å². The number of carbonyl (C=O) groups excluding carboxylic acids is 3. The molecule has 144 valence electrons. The van der Waals surface area contributed by atoms with Crippen molar-refractivity contribution in [3.63, 3.8) is 0 Å². The van der Waals surface area contributed by atoms with Crippen molar-refractivity contribution < 1.29 is 40.7 Å². The number of rotatable bonds is 6. The molecule has 0 bridgehead atoms. The van der Waals surface area contributed by atoms with Crippen molar-refractivity contribution >= 4 is 27.9 Å². The topological polar surface area (TPSA) is 131 Å². The average molecular weight is 397 g/mol. The summed E-state index contributed by atoms with van der Waals surface area (Å²) in [7, 11) is -3.46. The number of imide groups is 1. The number of nitrogens with one attached hydrogen (secondary N) is 3. The molecule has 26 heavy (non-hydrogen) atoms. The van der Waals surface area contributed by atoms with Gasteiger partial charge in [-0.25, -0.2) is 26.4 Å². The Balaban J connectivity index is 2.71.